The van der Waals surface area contributed by atoms with Crippen LogP contribution in [-0.4, -0.2) is 24.0 Å². The van der Waals surface area contributed by atoms with Crippen LogP contribution in [0.15, 0.2) is 54.3 Å². The first-order valence-corrected chi connectivity index (χ1v) is 8.78. The van der Waals surface area contributed by atoms with Gasteiger partial charge in [0.2, 0.25) is 5.91 Å². The summed E-state index contributed by atoms with van der Waals surface area (Å²) in [6, 6.07) is 14.5. The maximum Gasteiger partial charge on any atom is 0.248 e. The first-order valence-electron chi connectivity index (χ1n) is 7.38. The molecule has 3 rings (SSSR count). The lowest BCUT2D eigenvalue weighted by molar-refractivity contribution is -0.116. The number of amides is 1. The van der Waals surface area contributed by atoms with E-state index in [2.05, 4.69) is 35.8 Å². The summed E-state index contributed by atoms with van der Waals surface area (Å²) in [5.74, 6) is 1.70. The van der Waals surface area contributed by atoms with Crippen molar-refractivity contribution < 1.29 is 9.53 Å². The summed E-state index contributed by atoms with van der Waals surface area (Å²) >= 11 is 1.77. The fraction of sp³-hybridized carbons (Fsp3) is 0.278. The second kappa shape index (κ2) is 6.88. The molecule has 3 nitrogen and oxygen atoms in total. The average molecular weight is 313 g/mol. The molecular weight excluding hydrogens is 294 g/mol. The van der Waals surface area contributed by atoms with Crippen molar-refractivity contribution in [2.75, 3.05) is 12.0 Å². The molecule has 22 heavy (non-hydrogen) atoms. The number of ether oxygens (including phenoxy) is 1. The van der Waals surface area contributed by atoms with Gasteiger partial charge in [0.15, 0.2) is 0 Å². The van der Waals surface area contributed by atoms with Crippen molar-refractivity contribution in [3.8, 4) is 0 Å². The third-order valence-corrected chi connectivity index (χ3v) is 4.46. The van der Waals surface area contributed by atoms with Gasteiger partial charge < -0.3 is 10.1 Å². The molecule has 1 atom stereocenters. The molecule has 4 heteroatoms. The first-order chi connectivity index (χ1) is 10.8. The second-order valence-corrected chi connectivity index (χ2v) is 6.30. The van der Waals surface area contributed by atoms with Gasteiger partial charge in [-0.1, -0.05) is 42.5 Å². The minimum Gasteiger partial charge on any atom is -0.491 e. The van der Waals surface area contributed by atoms with Gasteiger partial charge in [0.1, 0.15) is 12.4 Å². The summed E-state index contributed by atoms with van der Waals surface area (Å²) in [5, 5.41) is 5.35. The lowest BCUT2D eigenvalue weighted by Gasteiger charge is -2.16. The summed E-state index contributed by atoms with van der Waals surface area (Å²) in [6.07, 6.45) is 4.54. The Balaban J connectivity index is 1.73. The molecule has 0 bridgehead atoms. The van der Waals surface area contributed by atoms with Crippen LogP contribution in [-0.2, 0) is 16.1 Å². The summed E-state index contributed by atoms with van der Waals surface area (Å²) in [4.78, 5) is 11.6. The Morgan fingerprint density at radius 2 is 2.00 bits per heavy atom. The van der Waals surface area contributed by atoms with Crippen molar-refractivity contribution in [3.05, 3.63) is 59.9 Å². The Labute approximate surface area is 134 Å². The number of hydrogen-bond donors (Lipinski definition) is 1. The van der Waals surface area contributed by atoms with Crippen LogP contribution < -0.4 is 5.32 Å². The van der Waals surface area contributed by atoms with E-state index in [4.69, 9.17) is 4.74 Å². The van der Waals surface area contributed by atoms with Crippen molar-refractivity contribution in [1.82, 2.24) is 5.32 Å². The largest absolute Gasteiger partial charge is 0.491 e. The van der Waals surface area contributed by atoms with Crippen LogP contribution in [0, 0.1) is 0 Å². The minimum atomic E-state index is -0.0565. The number of hydrogen-bond acceptors (Lipinski definition) is 3. The Kier molecular flexibility index (Phi) is 4.68. The molecule has 1 aliphatic heterocycles. The minimum absolute atomic E-state index is 0.00919. The highest BCUT2D eigenvalue weighted by molar-refractivity contribution is 7.98. The fourth-order valence-electron chi connectivity index (χ4n) is 2.69. The van der Waals surface area contributed by atoms with Crippen molar-refractivity contribution >= 4 is 28.4 Å². The van der Waals surface area contributed by atoms with Crippen LogP contribution in [0.1, 0.15) is 12.0 Å². The predicted molar refractivity (Wildman–Crippen MR) is 91.7 cm³/mol. The number of carbonyl (C=O) groups excluding carboxylic acids is 1. The van der Waals surface area contributed by atoms with E-state index < -0.39 is 0 Å². The van der Waals surface area contributed by atoms with E-state index in [1.165, 1.54) is 10.8 Å². The van der Waals surface area contributed by atoms with Gasteiger partial charge in [0.25, 0.3) is 0 Å². The van der Waals surface area contributed by atoms with Gasteiger partial charge >= 0.3 is 0 Å². The molecule has 1 heterocycles. The van der Waals surface area contributed by atoms with E-state index in [1.807, 2.05) is 18.2 Å². The third-order valence-electron chi connectivity index (χ3n) is 3.82. The number of fused-ring (bicyclic) bond motifs is 1. The van der Waals surface area contributed by atoms with E-state index in [0.717, 1.165) is 23.5 Å². The van der Waals surface area contributed by atoms with E-state index in [0.29, 0.717) is 6.61 Å². The molecule has 1 aliphatic rings. The molecule has 0 fully saturated rings. The maximum atomic E-state index is 11.6. The molecule has 0 saturated carbocycles. The first kappa shape index (κ1) is 15.0. The highest BCUT2D eigenvalue weighted by Crippen LogP contribution is 2.22. The van der Waals surface area contributed by atoms with Crippen LogP contribution in [0.5, 0.6) is 0 Å². The summed E-state index contributed by atoms with van der Waals surface area (Å²) in [5.41, 5.74) is 1.14. The molecule has 1 amide bonds. The topological polar surface area (TPSA) is 38.3 Å². The fourth-order valence-corrected chi connectivity index (χ4v) is 3.16. The van der Waals surface area contributed by atoms with Crippen LogP contribution >= 0.6 is 11.8 Å². The predicted octanol–water partition coefficient (Wildman–Crippen LogP) is 3.49. The lowest BCUT2D eigenvalue weighted by atomic mass is 10.1. The summed E-state index contributed by atoms with van der Waals surface area (Å²) in [7, 11) is 0. The monoisotopic (exact) mass is 313 g/mol. The number of nitrogens with one attached hydrogen (secondary N) is 1. The number of rotatable bonds is 6. The Hall–Kier alpha value is -1.94. The number of carbonyl (C=O) groups is 1. The zero-order valence-corrected chi connectivity index (χ0v) is 13.4. The SMILES string of the molecule is CSCC[C@@H]1NC(=O)C=C1OCc1cccc2ccccc12. The summed E-state index contributed by atoms with van der Waals surface area (Å²) < 4.78 is 5.95. The van der Waals surface area contributed by atoms with Gasteiger partial charge in [0, 0.05) is 6.08 Å². The quantitative estimate of drug-likeness (QED) is 0.887. The van der Waals surface area contributed by atoms with E-state index in [9.17, 15) is 4.79 Å². The molecule has 0 aromatic heterocycles. The molecule has 2 aromatic carbocycles. The summed E-state index contributed by atoms with van der Waals surface area (Å²) in [6.45, 7) is 0.484. The molecule has 0 spiro atoms. The van der Waals surface area contributed by atoms with Gasteiger partial charge in [-0.3, -0.25) is 4.79 Å². The zero-order chi connectivity index (χ0) is 15.4. The Morgan fingerprint density at radius 1 is 1.18 bits per heavy atom. The standard InChI is InChI=1S/C18H19NO2S/c1-22-10-9-16-17(11-18(20)19-16)21-12-14-7-4-6-13-5-2-3-8-15(13)14/h2-8,11,16H,9-10,12H2,1H3,(H,19,20)/t16-/m0/s1. The van der Waals surface area contributed by atoms with Crippen molar-refractivity contribution in [2.45, 2.75) is 19.1 Å². The zero-order valence-electron chi connectivity index (χ0n) is 12.5. The number of benzene rings is 2. The molecule has 2 aromatic rings. The van der Waals surface area contributed by atoms with Crippen LogP contribution in [0.2, 0.25) is 0 Å². The molecule has 0 saturated heterocycles. The Bertz CT molecular complexity index is 706. The van der Waals surface area contributed by atoms with Crippen LogP contribution in [0.25, 0.3) is 10.8 Å². The smallest absolute Gasteiger partial charge is 0.248 e. The van der Waals surface area contributed by atoms with Crippen molar-refractivity contribution in [3.63, 3.8) is 0 Å². The third kappa shape index (κ3) is 3.28. The molecule has 1 N–H and O–H groups in total. The Morgan fingerprint density at radius 3 is 2.86 bits per heavy atom. The average Bonchev–Trinajstić information content (AvgIpc) is 2.90. The molecular formula is C18H19NO2S. The molecule has 114 valence electrons. The van der Waals surface area contributed by atoms with Gasteiger partial charge in [-0.05, 0) is 34.8 Å². The molecule has 0 aliphatic carbocycles. The number of thioether (sulfide) groups is 1. The van der Waals surface area contributed by atoms with Gasteiger partial charge in [0.05, 0.1) is 6.04 Å². The van der Waals surface area contributed by atoms with Gasteiger partial charge in [-0.15, -0.1) is 0 Å². The lowest BCUT2D eigenvalue weighted by Crippen LogP contribution is -2.29. The highest BCUT2D eigenvalue weighted by atomic mass is 32.2. The van der Waals surface area contributed by atoms with Crippen molar-refractivity contribution in [1.29, 1.82) is 0 Å². The van der Waals surface area contributed by atoms with E-state index in [-0.39, 0.29) is 11.9 Å². The van der Waals surface area contributed by atoms with E-state index >= 15 is 0 Å². The highest BCUT2D eigenvalue weighted by Gasteiger charge is 2.24. The molecule has 0 radical (unpaired) electrons. The van der Waals surface area contributed by atoms with Gasteiger partial charge in [-0.25, -0.2) is 0 Å². The maximum absolute atomic E-state index is 11.6. The van der Waals surface area contributed by atoms with Crippen molar-refractivity contribution in [2.24, 2.45) is 0 Å². The van der Waals surface area contributed by atoms with E-state index in [1.54, 1.807) is 17.8 Å². The van der Waals surface area contributed by atoms with Gasteiger partial charge in [-0.2, -0.15) is 11.8 Å². The normalized spacial score (nSPS) is 17.4. The second-order valence-electron chi connectivity index (χ2n) is 5.32. The van der Waals surface area contributed by atoms with Crippen LogP contribution in [0.4, 0.5) is 0 Å². The molecule has 0 unspecified atom stereocenters. The van der Waals surface area contributed by atoms with Crippen LogP contribution in [0.3, 0.4) is 0 Å².